The smallest absolute Gasteiger partial charge is 0.217 e. The first-order chi connectivity index (χ1) is 6.42. The molecule has 0 saturated carbocycles. The summed E-state index contributed by atoms with van der Waals surface area (Å²) in [7, 11) is 0. The molecule has 76 valence electrons. The van der Waals surface area contributed by atoms with Gasteiger partial charge < -0.3 is 5.32 Å². The molecule has 1 rings (SSSR count). The molecule has 0 radical (unpaired) electrons. The van der Waals surface area contributed by atoms with Crippen molar-refractivity contribution in [2.75, 3.05) is 0 Å². The van der Waals surface area contributed by atoms with E-state index in [2.05, 4.69) is 5.32 Å². The summed E-state index contributed by atoms with van der Waals surface area (Å²) in [5, 5.41) is 3.55. The third kappa shape index (κ3) is 2.74. The predicted octanol–water partition coefficient (Wildman–Crippen LogP) is 2.71. The van der Waals surface area contributed by atoms with Crippen molar-refractivity contribution in [2.24, 2.45) is 0 Å². The zero-order valence-electron chi connectivity index (χ0n) is 8.60. The van der Waals surface area contributed by atoms with Gasteiger partial charge in [0.15, 0.2) is 0 Å². The van der Waals surface area contributed by atoms with E-state index in [0.717, 1.165) is 5.56 Å². The standard InChI is InChI=1S/C11H14ClNO/c1-8(14)13-11(2,3)9-5-4-6-10(12)7-9/h4-7H,1-3H3,(H,13,14). The van der Waals surface area contributed by atoms with Crippen molar-refractivity contribution in [2.45, 2.75) is 26.3 Å². The molecule has 0 fully saturated rings. The van der Waals surface area contributed by atoms with Gasteiger partial charge >= 0.3 is 0 Å². The maximum atomic E-state index is 11.0. The maximum absolute atomic E-state index is 11.0. The minimum atomic E-state index is -0.378. The minimum Gasteiger partial charge on any atom is -0.347 e. The highest BCUT2D eigenvalue weighted by molar-refractivity contribution is 6.30. The zero-order chi connectivity index (χ0) is 10.8. The Hall–Kier alpha value is -1.02. The monoisotopic (exact) mass is 211 g/mol. The van der Waals surface area contributed by atoms with Gasteiger partial charge in [-0.3, -0.25) is 4.79 Å². The van der Waals surface area contributed by atoms with Crippen molar-refractivity contribution in [3.8, 4) is 0 Å². The fourth-order valence-corrected chi connectivity index (χ4v) is 1.58. The second-order valence-corrected chi connectivity index (χ2v) is 4.25. The lowest BCUT2D eigenvalue weighted by molar-refractivity contribution is -0.120. The molecule has 1 N–H and O–H groups in total. The molecule has 1 aromatic rings. The Labute approximate surface area is 89.3 Å². The summed E-state index contributed by atoms with van der Waals surface area (Å²) < 4.78 is 0. The number of hydrogen-bond donors (Lipinski definition) is 1. The number of benzene rings is 1. The van der Waals surface area contributed by atoms with E-state index < -0.39 is 0 Å². The first kappa shape index (κ1) is 11.1. The van der Waals surface area contributed by atoms with Crippen LogP contribution in [0.4, 0.5) is 0 Å². The molecule has 0 unspecified atom stereocenters. The molecule has 1 amide bonds. The van der Waals surface area contributed by atoms with Crippen molar-refractivity contribution in [1.82, 2.24) is 5.32 Å². The van der Waals surface area contributed by atoms with Gasteiger partial charge in [0.2, 0.25) is 5.91 Å². The molecule has 3 heteroatoms. The number of nitrogens with one attached hydrogen (secondary N) is 1. The molecular formula is C11H14ClNO. The van der Waals surface area contributed by atoms with E-state index in [4.69, 9.17) is 11.6 Å². The van der Waals surface area contributed by atoms with Crippen LogP contribution >= 0.6 is 11.6 Å². The SMILES string of the molecule is CC(=O)NC(C)(C)c1cccc(Cl)c1. The van der Waals surface area contributed by atoms with Gasteiger partial charge in [-0.25, -0.2) is 0 Å². The average Bonchev–Trinajstić information content (AvgIpc) is 2.01. The molecule has 0 spiro atoms. The van der Waals surface area contributed by atoms with E-state index in [0.29, 0.717) is 5.02 Å². The normalized spacial score (nSPS) is 11.1. The molecule has 1 aromatic carbocycles. The summed E-state index contributed by atoms with van der Waals surface area (Å²) in [4.78, 5) is 11.0. The van der Waals surface area contributed by atoms with Crippen LogP contribution in [0, 0.1) is 0 Å². The summed E-state index contributed by atoms with van der Waals surface area (Å²) in [5.74, 6) is -0.0463. The van der Waals surface area contributed by atoms with Crippen molar-refractivity contribution >= 4 is 17.5 Å². The minimum absolute atomic E-state index is 0.0463. The second-order valence-electron chi connectivity index (χ2n) is 3.82. The number of hydrogen-bond acceptors (Lipinski definition) is 1. The Morgan fingerprint density at radius 3 is 2.57 bits per heavy atom. The van der Waals surface area contributed by atoms with Gasteiger partial charge in [0.25, 0.3) is 0 Å². The Balaban J connectivity index is 2.97. The molecule has 14 heavy (non-hydrogen) atoms. The van der Waals surface area contributed by atoms with Crippen molar-refractivity contribution < 1.29 is 4.79 Å². The van der Waals surface area contributed by atoms with Crippen LogP contribution in [0.3, 0.4) is 0 Å². The quantitative estimate of drug-likeness (QED) is 0.801. The van der Waals surface area contributed by atoms with Gasteiger partial charge in [0.1, 0.15) is 0 Å². The Bertz CT molecular complexity index is 347. The lowest BCUT2D eigenvalue weighted by atomic mass is 9.94. The summed E-state index contributed by atoms with van der Waals surface area (Å²) in [6.07, 6.45) is 0. The summed E-state index contributed by atoms with van der Waals surface area (Å²) in [6, 6.07) is 7.50. The molecule has 0 heterocycles. The third-order valence-electron chi connectivity index (χ3n) is 2.03. The van der Waals surface area contributed by atoms with E-state index in [-0.39, 0.29) is 11.4 Å². The fourth-order valence-electron chi connectivity index (χ4n) is 1.39. The van der Waals surface area contributed by atoms with Gasteiger partial charge in [-0.2, -0.15) is 0 Å². The number of rotatable bonds is 2. The fraction of sp³-hybridized carbons (Fsp3) is 0.364. The number of carbonyl (C=O) groups excluding carboxylic acids is 1. The van der Waals surface area contributed by atoms with E-state index in [1.54, 1.807) is 0 Å². The highest BCUT2D eigenvalue weighted by atomic mass is 35.5. The highest BCUT2D eigenvalue weighted by Gasteiger charge is 2.20. The number of carbonyl (C=O) groups is 1. The van der Waals surface area contributed by atoms with Crippen molar-refractivity contribution in [3.63, 3.8) is 0 Å². The van der Waals surface area contributed by atoms with Crippen LogP contribution in [0.2, 0.25) is 5.02 Å². The summed E-state index contributed by atoms with van der Waals surface area (Å²) in [5.41, 5.74) is 0.622. The van der Waals surface area contributed by atoms with Gasteiger partial charge in [0, 0.05) is 11.9 Å². The summed E-state index contributed by atoms with van der Waals surface area (Å²) >= 11 is 5.87. The molecule has 0 aliphatic heterocycles. The summed E-state index contributed by atoms with van der Waals surface area (Å²) in [6.45, 7) is 5.40. The van der Waals surface area contributed by atoms with Crippen LogP contribution < -0.4 is 5.32 Å². The van der Waals surface area contributed by atoms with Crippen LogP contribution in [0.5, 0.6) is 0 Å². The van der Waals surface area contributed by atoms with Crippen LogP contribution in [0.15, 0.2) is 24.3 Å². The zero-order valence-corrected chi connectivity index (χ0v) is 9.35. The van der Waals surface area contributed by atoms with Crippen molar-refractivity contribution in [3.05, 3.63) is 34.9 Å². The average molecular weight is 212 g/mol. The van der Waals surface area contributed by atoms with E-state index >= 15 is 0 Å². The van der Waals surface area contributed by atoms with Crippen LogP contribution in [0.25, 0.3) is 0 Å². The number of amides is 1. The molecule has 0 bridgehead atoms. The molecule has 0 aliphatic rings. The first-order valence-corrected chi connectivity index (χ1v) is 4.84. The molecule has 0 atom stereocenters. The Kier molecular flexibility index (Phi) is 3.17. The molecule has 0 aliphatic carbocycles. The Morgan fingerprint density at radius 2 is 2.07 bits per heavy atom. The van der Waals surface area contributed by atoms with E-state index in [1.165, 1.54) is 6.92 Å². The molecule has 0 saturated heterocycles. The Morgan fingerprint density at radius 1 is 1.43 bits per heavy atom. The van der Waals surface area contributed by atoms with Gasteiger partial charge in [-0.1, -0.05) is 23.7 Å². The molecular weight excluding hydrogens is 198 g/mol. The highest BCUT2D eigenvalue weighted by Crippen LogP contribution is 2.22. The van der Waals surface area contributed by atoms with Gasteiger partial charge in [-0.15, -0.1) is 0 Å². The largest absolute Gasteiger partial charge is 0.347 e. The van der Waals surface area contributed by atoms with E-state index in [9.17, 15) is 4.79 Å². The van der Waals surface area contributed by atoms with Crippen molar-refractivity contribution in [1.29, 1.82) is 0 Å². The van der Waals surface area contributed by atoms with Gasteiger partial charge in [0.05, 0.1) is 5.54 Å². The van der Waals surface area contributed by atoms with Crippen LogP contribution in [-0.4, -0.2) is 5.91 Å². The molecule has 2 nitrogen and oxygen atoms in total. The first-order valence-electron chi connectivity index (χ1n) is 4.46. The third-order valence-corrected chi connectivity index (χ3v) is 2.27. The predicted molar refractivity (Wildman–Crippen MR) is 58.3 cm³/mol. The van der Waals surface area contributed by atoms with Gasteiger partial charge in [-0.05, 0) is 31.5 Å². The lowest BCUT2D eigenvalue weighted by Crippen LogP contribution is -2.39. The molecule has 0 aromatic heterocycles. The van der Waals surface area contributed by atoms with Crippen LogP contribution in [-0.2, 0) is 10.3 Å². The topological polar surface area (TPSA) is 29.1 Å². The van der Waals surface area contributed by atoms with E-state index in [1.807, 2.05) is 38.1 Å². The maximum Gasteiger partial charge on any atom is 0.217 e. The second kappa shape index (κ2) is 4.01. The lowest BCUT2D eigenvalue weighted by Gasteiger charge is -2.26. The van der Waals surface area contributed by atoms with Crippen LogP contribution in [0.1, 0.15) is 26.3 Å². The number of halogens is 1.